The van der Waals surface area contributed by atoms with Gasteiger partial charge >= 0.3 is 0 Å². The zero-order valence-electron chi connectivity index (χ0n) is 9.83. The summed E-state index contributed by atoms with van der Waals surface area (Å²) in [6, 6.07) is 4.38. The Morgan fingerprint density at radius 2 is 2.20 bits per heavy atom. The SMILES string of the molecule is Cc1cc(NC(CN)CC(C)C)ccn1. The van der Waals surface area contributed by atoms with Crippen molar-refractivity contribution in [1.29, 1.82) is 0 Å². The molecular weight excluding hydrogens is 186 g/mol. The van der Waals surface area contributed by atoms with Crippen molar-refractivity contribution in [2.45, 2.75) is 33.2 Å². The number of pyridine rings is 1. The summed E-state index contributed by atoms with van der Waals surface area (Å²) in [5.74, 6) is 0.661. The molecule has 15 heavy (non-hydrogen) atoms. The lowest BCUT2D eigenvalue weighted by Crippen LogP contribution is -2.30. The molecule has 0 fully saturated rings. The highest BCUT2D eigenvalue weighted by Gasteiger charge is 2.08. The Bertz CT molecular complexity index is 297. The first kappa shape index (κ1) is 12.0. The fourth-order valence-corrected chi connectivity index (χ4v) is 1.65. The minimum atomic E-state index is 0.354. The van der Waals surface area contributed by atoms with Crippen molar-refractivity contribution in [3.05, 3.63) is 24.0 Å². The van der Waals surface area contributed by atoms with E-state index in [2.05, 4.69) is 24.1 Å². The highest BCUT2D eigenvalue weighted by Crippen LogP contribution is 2.12. The van der Waals surface area contributed by atoms with Gasteiger partial charge < -0.3 is 11.1 Å². The van der Waals surface area contributed by atoms with Crippen LogP contribution >= 0.6 is 0 Å². The normalized spacial score (nSPS) is 12.9. The van der Waals surface area contributed by atoms with Crippen molar-refractivity contribution in [3.8, 4) is 0 Å². The molecule has 84 valence electrons. The van der Waals surface area contributed by atoms with Gasteiger partial charge in [-0.05, 0) is 31.4 Å². The predicted octanol–water partition coefficient (Wildman–Crippen LogP) is 2.18. The maximum atomic E-state index is 5.73. The standard InChI is InChI=1S/C12H21N3/c1-9(2)6-12(8-13)15-11-4-5-14-10(3)7-11/h4-5,7,9,12H,6,8,13H2,1-3H3,(H,14,15). The Morgan fingerprint density at radius 3 is 2.73 bits per heavy atom. The van der Waals surface area contributed by atoms with Gasteiger partial charge in [-0.2, -0.15) is 0 Å². The highest BCUT2D eigenvalue weighted by atomic mass is 14.9. The number of anilines is 1. The van der Waals surface area contributed by atoms with E-state index >= 15 is 0 Å². The van der Waals surface area contributed by atoms with Crippen LogP contribution in [0, 0.1) is 12.8 Å². The van der Waals surface area contributed by atoms with E-state index in [0.29, 0.717) is 18.5 Å². The first-order chi connectivity index (χ1) is 7.11. The van der Waals surface area contributed by atoms with Crippen LogP contribution in [-0.2, 0) is 0 Å². The molecule has 3 nitrogen and oxygen atoms in total. The number of aryl methyl sites for hydroxylation is 1. The second-order valence-corrected chi connectivity index (χ2v) is 4.39. The molecule has 1 rings (SSSR count). The summed E-state index contributed by atoms with van der Waals surface area (Å²) >= 11 is 0. The van der Waals surface area contributed by atoms with Crippen LogP contribution in [0.1, 0.15) is 26.0 Å². The van der Waals surface area contributed by atoms with Crippen LogP contribution in [-0.4, -0.2) is 17.6 Å². The second-order valence-electron chi connectivity index (χ2n) is 4.39. The number of nitrogens with one attached hydrogen (secondary N) is 1. The van der Waals surface area contributed by atoms with Gasteiger partial charge in [0.15, 0.2) is 0 Å². The minimum Gasteiger partial charge on any atom is -0.381 e. The van der Waals surface area contributed by atoms with E-state index in [1.54, 1.807) is 0 Å². The monoisotopic (exact) mass is 207 g/mol. The van der Waals surface area contributed by atoms with Gasteiger partial charge in [-0.25, -0.2) is 0 Å². The summed E-state index contributed by atoms with van der Waals surface area (Å²) < 4.78 is 0. The van der Waals surface area contributed by atoms with Crippen LogP contribution in [0.4, 0.5) is 5.69 Å². The lowest BCUT2D eigenvalue weighted by atomic mass is 10.0. The summed E-state index contributed by atoms with van der Waals surface area (Å²) in [6.45, 7) is 7.08. The van der Waals surface area contributed by atoms with Crippen LogP contribution in [0.2, 0.25) is 0 Å². The zero-order valence-corrected chi connectivity index (χ0v) is 9.83. The Hall–Kier alpha value is -1.09. The van der Waals surface area contributed by atoms with Crippen LogP contribution in [0.3, 0.4) is 0 Å². The number of rotatable bonds is 5. The number of nitrogens with two attached hydrogens (primary N) is 1. The Morgan fingerprint density at radius 1 is 1.47 bits per heavy atom. The topological polar surface area (TPSA) is 50.9 Å². The molecular formula is C12H21N3. The molecule has 1 unspecified atom stereocenters. The van der Waals surface area contributed by atoms with Gasteiger partial charge in [0, 0.05) is 30.2 Å². The first-order valence-electron chi connectivity index (χ1n) is 5.51. The third-order valence-corrected chi connectivity index (χ3v) is 2.31. The first-order valence-corrected chi connectivity index (χ1v) is 5.51. The van der Waals surface area contributed by atoms with Crippen LogP contribution < -0.4 is 11.1 Å². The number of nitrogens with zero attached hydrogens (tertiary/aromatic N) is 1. The van der Waals surface area contributed by atoms with Gasteiger partial charge in [0.05, 0.1) is 0 Å². The average molecular weight is 207 g/mol. The maximum Gasteiger partial charge on any atom is 0.0393 e. The molecule has 0 saturated carbocycles. The molecule has 1 aromatic heterocycles. The van der Waals surface area contributed by atoms with Gasteiger partial charge in [-0.1, -0.05) is 13.8 Å². The van der Waals surface area contributed by atoms with Crippen molar-refractivity contribution < 1.29 is 0 Å². The predicted molar refractivity (Wildman–Crippen MR) is 64.9 cm³/mol. The Kier molecular flexibility index (Phi) is 4.56. The van der Waals surface area contributed by atoms with Crippen molar-refractivity contribution in [2.24, 2.45) is 11.7 Å². The molecule has 0 amide bonds. The van der Waals surface area contributed by atoms with Gasteiger partial charge in [0.1, 0.15) is 0 Å². The molecule has 0 saturated heterocycles. The molecule has 1 aromatic rings. The molecule has 0 aliphatic rings. The molecule has 0 bridgehead atoms. The maximum absolute atomic E-state index is 5.73. The van der Waals surface area contributed by atoms with Gasteiger partial charge in [-0.15, -0.1) is 0 Å². The summed E-state index contributed by atoms with van der Waals surface area (Å²) in [5.41, 5.74) is 7.87. The second kappa shape index (κ2) is 5.71. The van der Waals surface area contributed by atoms with E-state index in [9.17, 15) is 0 Å². The van der Waals surface area contributed by atoms with Crippen molar-refractivity contribution >= 4 is 5.69 Å². The fourth-order valence-electron chi connectivity index (χ4n) is 1.65. The van der Waals surface area contributed by atoms with E-state index in [-0.39, 0.29) is 0 Å². The number of hydrogen-bond acceptors (Lipinski definition) is 3. The summed E-state index contributed by atoms with van der Waals surface area (Å²) in [6.07, 6.45) is 2.92. The zero-order chi connectivity index (χ0) is 11.3. The molecule has 1 heterocycles. The molecule has 0 aliphatic carbocycles. The molecule has 3 heteroatoms. The molecule has 1 atom stereocenters. The minimum absolute atomic E-state index is 0.354. The van der Waals surface area contributed by atoms with Crippen molar-refractivity contribution in [2.75, 3.05) is 11.9 Å². The van der Waals surface area contributed by atoms with Gasteiger partial charge in [0.25, 0.3) is 0 Å². The fraction of sp³-hybridized carbons (Fsp3) is 0.583. The molecule has 0 radical (unpaired) electrons. The number of aromatic nitrogens is 1. The largest absolute Gasteiger partial charge is 0.381 e. The van der Waals surface area contributed by atoms with E-state index in [0.717, 1.165) is 17.8 Å². The summed E-state index contributed by atoms with van der Waals surface area (Å²) in [5, 5.41) is 3.44. The third kappa shape index (κ3) is 4.30. The molecule has 0 aliphatic heterocycles. The van der Waals surface area contributed by atoms with E-state index in [1.165, 1.54) is 0 Å². The third-order valence-electron chi connectivity index (χ3n) is 2.31. The van der Waals surface area contributed by atoms with Gasteiger partial charge in [-0.3, -0.25) is 4.98 Å². The van der Waals surface area contributed by atoms with Crippen LogP contribution in [0.5, 0.6) is 0 Å². The lowest BCUT2D eigenvalue weighted by Gasteiger charge is -2.20. The van der Waals surface area contributed by atoms with E-state index in [4.69, 9.17) is 5.73 Å². The smallest absolute Gasteiger partial charge is 0.0393 e. The van der Waals surface area contributed by atoms with Gasteiger partial charge in [0.2, 0.25) is 0 Å². The van der Waals surface area contributed by atoms with Crippen molar-refractivity contribution in [3.63, 3.8) is 0 Å². The Balaban J connectivity index is 2.58. The molecule has 3 N–H and O–H groups in total. The quantitative estimate of drug-likeness (QED) is 0.778. The van der Waals surface area contributed by atoms with E-state index < -0.39 is 0 Å². The summed E-state index contributed by atoms with van der Waals surface area (Å²) in [7, 11) is 0. The molecule has 0 spiro atoms. The highest BCUT2D eigenvalue weighted by molar-refractivity contribution is 5.43. The van der Waals surface area contributed by atoms with E-state index in [1.807, 2.05) is 25.3 Å². The van der Waals surface area contributed by atoms with Crippen molar-refractivity contribution in [1.82, 2.24) is 4.98 Å². The summed E-state index contributed by atoms with van der Waals surface area (Å²) in [4.78, 5) is 4.16. The van der Waals surface area contributed by atoms with Crippen LogP contribution in [0.15, 0.2) is 18.3 Å². The Labute approximate surface area is 92.1 Å². The number of hydrogen-bond donors (Lipinski definition) is 2. The lowest BCUT2D eigenvalue weighted by molar-refractivity contribution is 0.522. The van der Waals surface area contributed by atoms with Crippen LogP contribution in [0.25, 0.3) is 0 Å². The molecule has 0 aromatic carbocycles. The average Bonchev–Trinajstić information content (AvgIpc) is 2.16.